The van der Waals surface area contributed by atoms with Gasteiger partial charge in [-0.25, -0.2) is 0 Å². The van der Waals surface area contributed by atoms with Crippen LogP contribution in [0.2, 0.25) is 0 Å². The maximum absolute atomic E-state index is 13.2. The molecule has 0 fully saturated rings. The van der Waals surface area contributed by atoms with Gasteiger partial charge < -0.3 is 5.11 Å². The van der Waals surface area contributed by atoms with Gasteiger partial charge in [0.05, 0.1) is 5.41 Å². The second-order valence-corrected chi connectivity index (χ2v) is 12.7. The van der Waals surface area contributed by atoms with Gasteiger partial charge in [-0.15, -0.1) is 0 Å². The molecule has 0 aliphatic carbocycles. The van der Waals surface area contributed by atoms with Gasteiger partial charge in [0.25, 0.3) is 0 Å². The Kier molecular flexibility index (Phi) is 27.6. The summed E-state index contributed by atoms with van der Waals surface area (Å²) in [6.45, 7) is 9.11. The average molecular weight is 537 g/mol. The van der Waals surface area contributed by atoms with E-state index in [4.69, 9.17) is 0 Å². The number of carboxylic acid groups (broad SMARTS) is 1. The second-order valence-electron chi connectivity index (χ2n) is 12.7. The van der Waals surface area contributed by atoms with Crippen molar-refractivity contribution >= 4 is 5.97 Å². The summed E-state index contributed by atoms with van der Waals surface area (Å²) in [5, 5.41) is 10.8. The average Bonchev–Trinajstić information content (AvgIpc) is 2.91. The first-order valence-corrected chi connectivity index (χ1v) is 17.8. The van der Waals surface area contributed by atoms with Crippen molar-refractivity contribution in [2.75, 3.05) is 0 Å². The highest BCUT2D eigenvalue weighted by Gasteiger charge is 2.43. The van der Waals surface area contributed by atoms with Crippen LogP contribution in [0.5, 0.6) is 0 Å². The summed E-state index contributed by atoms with van der Waals surface area (Å²) in [4.78, 5) is 13.2. The molecular weight excluding hydrogens is 464 g/mol. The Hall–Kier alpha value is -0.530. The molecule has 0 aliphatic rings. The number of carbonyl (C=O) groups is 1. The standard InChI is InChI=1S/C36H72O2/c1-5-9-13-17-21-23-27-31-34(30-26-22-18-14-10-6-2)36(35(37)38,32-28-24-19-15-11-7-3)33-29-25-20-16-12-8-4/h34H,5-33H2,1-4H3,(H,37,38). The third-order valence-corrected chi connectivity index (χ3v) is 9.22. The fourth-order valence-electron chi connectivity index (χ4n) is 6.58. The Morgan fingerprint density at radius 1 is 0.447 bits per heavy atom. The Balaban J connectivity index is 5.31. The maximum atomic E-state index is 13.2. The molecule has 2 heteroatoms. The van der Waals surface area contributed by atoms with E-state index >= 15 is 0 Å². The van der Waals surface area contributed by atoms with Crippen molar-refractivity contribution in [1.29, 1.82) is 0 Å². The van der Waals surface area contributed by atoms with E-state index in [0.29, 0.717) is 5.92 Å². The minimum absolute atomic E-state index is 0.369. The van der Waals surface area contributed by atoms with Gasteiger partial charge in [-0.1, -0.05) is 188 Å². The molecule has 0 bridgehead atoms. The Morgan fingerprint density at radius 3 is 1.00 bits per heavy atom. The van der Waals surface area contributed by atoms with Gasteiger partial charge in [0.2, 0.25) is 0 Å². The van der Waals surface area contributed by atoms with Crippen LogP contribution in [0.15, 0.2) is 0 Å². The van der Waals surface area contributed by atoms with E-state index in [1.165, 1.54) is 148 Å². The van der Waals surface area contributed by atoms with Gasteiger partial charge >= 0.3 is 5.97 Å². The highest BCUT2D eigenvalue weighted by atomic mass is 16.4. The largest absolute Gasteiger partial charge is 0.481 e. The summed E-state index contributed by atoms with van der Waals surface area (Å²) in [5.74, 6) is -0.0911. The monoisotopic (exact) mass is 537 g/mol. The fraction of sp³-hybridized carbons (Fsp3) is 0.972. The highest BCUT2D eigenvalue weighted by Crippen LogP contribution is 2.45. The highest BCUT2D eigenvalue weighted by molar-refractivity contribution is 5.75. The summed E-state index contributed by atoms with van der Waals surface area (Å²) in [5.41, 5.74) is -0.485. The van der Waals surface area contributed by atoms with E-state index in [0.717, 1.165) is 38.5 Å². The first-order valence-electron chi connectivity index (χ1n) is 17.8. The number of aliphatic carboxylic acids is 1. The molecule has 0 aromatic carbocycles. The van der Waals surface area contributed by atoms with Crippen molar-refractivity contribution in [2.24, 2.45) is 11.3 Å². The molecule has 2 nitrogen and oxygen atoms in total. The number of hydrogen-bond donors (Lipinski definition) is 1. The van der Waals surface area contributed by atoms with Crippen molar-refractivity contribution in [3.05, 3.63) is 0 Å². The quantitative estimate of drug-likeness (QED) is 0.0894. The minimum Gasteiger partial charge on any atom is -0.481 e. The van der Waals surface area contributed by atoms with Crippen molar-refractivity contribution in [3.63, 3.8) is 0 Å². The number of hydrogen-bond acceptors (Lipinski definition) is 1. The molecule has 0 heterocycles. The van der Waals surface area contributed by atoms with Crippen LogP contribution in [0.1, 0.15) is 214 Å². The van der Waals surface area contributed by atoms with Crippen LogP contribution in [0, 0.1) is 11.3 Å². The zero-order valence-electron chi connectivity index (χ0n) is 26.9. The Morgan fingerprint density at radius 2 is 0.711 bits per heavy atom. The SMILES string of the molecule is CCCCCCCCCC(CCCCCCCC)C(CCCCCCCC)(CCCCCCCC)C(=O)O. The van der Waals surface area contributed by atoms with Crippen molar-refractivity contribution in [2.45, 2.75) is 214 Å². The zero-order chi connectivity index (χ0) is 28.2. The van der Waals surface area contributed by atoms with Gasteiger partial charge in [-0.05, 0) is 31.6 Å². The molecule has 0 aliphatic heterocycles. The van der Waals surface area contributed by atoms with Crippen LogP contribution in [0.4, 0.5) is 0 Å². The van der Waals surface area contributed by atoms with Crippen LogP contribution in [-0.4, -0.2) is 11.1 Å². The summed E-state index contributed by atoms with van der Waals surface area (Å²) < 4.78 is 0. The maximum Gasteiger partial charge on any atom is 0.309 e. The van der Waals surface area contributed by atoms with Gasteiger partial charge in [-0.3, -0.25) is 4.79 Å². The van der Waals surface area contributed by atoms with E-state index < -0.39 is 11.4 Å². The van der Waals surface area contributed by atoms with E-state index in [-0.39, 0.29) is 0 Å². The normalized spacial score (nSPS) is 12.7. The van der Waals surface area contributed by atoms with E-state index in [9.17, 15) is 9.90 Å². The lowest BCUT2D eigenvalue weighted by Crippen LogP contribution is -2.39. The molecule has 0 radical (unpaired) electrons. The lowest BCUT2D eigenvalue weighted by atomic mass is 9.65. The topological polar surface area (TPSA) is 37.3 Å². The summed E-state index contributed by atoms with van der Waals surface area (Å²) >= 11 is 0. The van der Waals surface area contributed by atoms with Crippen molar-refractivity contribution in [3.8, 4) is 0 Å². The third-order valence-electron chi connectivity index (χ3n) is 9.22. The molecule has 0 saturated heterocycles. The molecule has 1 N–H and O–H groups in total. The first kappa shape index (κ1) is 37.5. The van der Waals surface area contributed by atoms with Crippen LogP contribution < -0.4 is 0 Å². The first-order chi connectivity index (χ1) is 18.6. The van der Waals surface area contributed by atoms with Crippen molar-refractivity contribution in [1.82, 2.24) is 0 Å². The van der Waals surface area contributed by atoms with Gasteiger partial charge in [0, 0.05) is 0 Å². The zero-order valence-corrected chi connectivity index (χ0v) is 26.9. The molecule has 1 unspecified atom stereocenters. The van der Waals surface area contributed by atoms with Crippen LogP contribution in [0.3, 0.4) is 0 Å². The van der Waals surface area contributed by atoms with E-state index in [1.807, 2.05) is 0 Å². The fourth-order valence-corrected chi connectivity index (χ4v) is 6.58. The summed E-state index contributed by atoms with van der Waals surface area (Å²) in [7, 11) is 0. The lowest BCUT2D eigenvalue weighted by Gasteiger charge is -2.38. The van der Waals surface area contributed by atoms with Crippen molar-refractivity contribution < 1.29 is 9.90 Å². The van der Waals surface area contributed by atoms with Crippen LogP contribution in [-0.2, 0) is 4.79 Å². The minimum atomic E-state index is -0.485. The van der Waals surface area contributed by atoms with E-state index in [1.54, 1.807) is 0 Å². The molecule has 0 rings (SSSR count). The van der Waals surface area contributed by atoms with E-state index in [2.05, 4.69) is 27.7 Å². The molecule has 0 spiro atoms. The van der Waals surface area contributed by atoms with Crippen LogP contribution >= 0.6 is 0 Å². The summed E-state index contributed by atoms with van der Waals surface area (Å²) in [6, 6.07) is 0. The number of carboxylic acids is 1. The predicted molar refractivity (Wildman–Crippen MR) is 170 cm³/mol. The molecule has 0 aromatic heterocycles. The smallest absolute Gasteiger partial charge is 0.309 e. The number of unbranched alkanes of at least 4 members (excludes halogenated alkanes) is 21. The third kappa shape index (κ3) is 19.5. The summed E-state index contributed by atoms with van der Waals surface area (Å²) in [6.07, 6.45) is 36.2. The van der Waals surface area contributed by atoms with Crippen LogP contribution in [0.25, 0.3) is 0 Å². The lowest BCUT2D eigenvalue weighted by molar-refractivity contribution is -0.155. The van der Waals surface area contributed by atoms with Gasteiger partial charge in [-0.2, -0.15) is 0 Å². The predicted octanol–water partition coefficient (Wildman–Crippen LogP) is 13.1. The molecular formula is C36H72O2. The second kappa shape index (κ2) is 28.0. The molecule has 38 heavy (non-hydrogen) atoms. The Bertz CT molecular complexity index is 470. The molecule has 0 aromatic rings. The van der Waals surface area contributed by atoms with Gasteiger partial charge in [0.15, 0.2) is 0 Å². The number of rotatable bonds is 31. The molecule has 0 amide bonds. The van der Waals surface area contributed by atoms with Gasteiger partial charge in [0.1, 0.15) is 0 Å². The molecule has 1 atom stereocenters. The molecule has 0 saturated carbocycles. The Labute approximate surface area is 240 Å². The molecule has 228 valence electrons.